The van der Waals surface area contributed by atoms with Gasteiger partial charge in [-0.2, -0.15) is 0 Å². The Morgan fingerprint density at radius 2 is 2.00 bits per heavy atom. The van der Waals surface area contributed by atoms with Crippen LogP contribution < -0.4 is 10.9 Å². The Bertz CT molecular complexity index is 702. The van der Waals surface area contributed by atoms with Crippen LogP contribution in [-0.2, 0) is 0 Å². The molecule has 0 unspecified atom stereocenters. The van der Waals surface area contributed by atoms with Crippen LogP contribution in [0.3, 0.4) is 0 Å². The van der Waals surface area contributed by atoms with E-state index in [1.165, 1.54) is 19.2 Å². The summed E-state index contributed by atoms with van der Waals surface area (Å²) in [5, 5.41) is 12.5. The maximum atomic E-state index is 11.8. The molecule has 0 saturated heterocycles. The molecule has 0 radical (unpaired) electrons. The molecule has 20 heavy (non-hydrogen) atoms. The van der Waals surface area contributed by atoms with Crippen molar-refractivity contribution in [3.63, 3.8) is 0 Å². The summed E-state index contributed by atoms with van der Waals surface area (Å²) in [4.78, 5) is 23.4. The molecule has 0 saturated carbocycles. The number of benzene rings is 1. The molecule has 0 aliphatic rings. The van der Waals surface area contributed by atoms with Crippen LogP contribution in [0.1, 0.15) is 16.1 Å². The van der Waals surface area contributed by atoms with Crippen molar-refractivity contribution in [2.75, 3.05) is 5.32 Å². The molecule has 102 valence electrons. The molecular weight excluding hydrogens is 258 g/mol. The number of carbonyl (C=O) groups is 1. The summed E-state index contributed by atoms with van der Waals surface area (Å²) in [5.41, 5.74) is -0.421. The van der Waals surface area contributed by atoms with E-state index in [9.17, 15) is 14.7 Å². The average Bonchev–Trinajstić information content (AvgIpc) is 2.38. The number of aromatic hydroxyl groups is 1. The van der Waals surface area contributed by atoms with Crippen molar-refractivity contribution in [2.24, 2.45) is 0 Å². The van der Waals surface area contributed by atoms with Crippen LogP contribution in [-0.4, -0.2) is 10.9 Å². The van der Waals surface area contributed by atoms with Gasteiger partial charge in [0.2, 0.25) is 0 Å². The predicted octanol–water partition coefficient (Wildman–Crippen LogP) is 2.46. The van der Waals surface area contributed by atoms with Crippen molar-refractivity contribution in [1.82, 2.24) is 0 Å². The van der Waals surface area contributed by atoms with E-state index in [0.29, 0.717) is 0 Å². The summed E-state index contributed by atoms with van der Waals surface area (Å²) in [6, 6.07) is 10.4. The molecule has 1 aromatic carbocycles. The minimum atomic E-state index is -0.850. The Labute approximate surface area is 115 Å². The Balaban J connectivity index is 2.15. The number of carbonyl (C=O) groups excluding carboxylic acids is 1. The zero-order chi connectivity index (χ0) is 14.5. The minimum absolute atomic E-state index is 0.246. The average molecular weight is 271 g/mol. The van der Waals surface area contributed by atoms with Crippen LogP contribution >= 0.6 is 0 Å². The maximum Gasteiger partial charge on any atom is 0.351 e. The van der Waals surface area contributed by atoms with E-state index in [2.05, 4.69) is 5.32 Å². The first-order valence-electron chi connectivity index (χ1n) is 5.94. The summed E-state index contributed by atoms with van der Waals surface area (Å²) in [6.45, 7) is 1.52. The van der Waals surface area contributed by atoms with Crippen molar-refractivity contribution < 1.29 is 14.3 Å². The highest BCUT2D eigenvalue weighted by Crippen LogP contribution is 2.15. The summed E-state index contributed by atoms with van der Waals surface area (Å²) < 4.78 is 4.78. The number of aryl methyl sites for hydroxylation is 1. The monoisotopic (exact) mass is 271 g/mol. The fourth-order valence-electron chi connectivity index (χ4n) is 1.65. The van der Waals surface area contributed by atoms with E-state index < -0.39 is 11.4 Å². The van der Waals surface area contributed by atoms with E-state index in [4.69, 9.17) is 4.42 Å². The van der Waals surface area contributed by atoms with Gasteiger partial charge in [-0.1, -0.05) is 18.2 Å². The van der Waals surface area contributed by atoms with Crippen LogP contribution in [0.15, 0.2) is 57.9 Å². The number of hydrogen-bond acceptors (Lipinski definition) is 5. The lowest BCUT2D eigenvalue weighted by Gasteiger charge is -2.01. The second-order valence-corrected chi connectivity index (χ2v) is 4.11. The lowest BCUT2D eigenvalue weighted by Crippen LogP contribution is -2.13. The van der Waals surface area contributed by atoms with E-state index in [1.54, 1.807) is 0 Å². The number of nitrogens with one attached hydrogen (secondary N) is 1. The molecule has 5 heteroatoms. The van der Waals surface area contributed by atoms with Crippen LogP contribution in [0.5, 0.6) is 5.75 Å². The van der Waals surface area contributed by atoms with Gasteiger partial charge in [-0.05, 0) is 19.1 Å². The highest BCUT2D eigenvalue weighted by atomic mass is 16.4. The minimum Gasteiger partial charge on any atom is -0.507 e. The Kier molecular flexibility index (Phi) is 4.00. The van der Waals surface area contributed by atoms with Gasteiger partial charge in [0.15, 0.2) is 5.78 Å². The zero-order valence-electron chi connectivity index (χ0n) is 10.8. The number of rotatable bonds is 4. The molecule has 1 heterocycles. The first-order chi connectivity index (χ1) is 9.58. The van der Waals surface area contributed by atoms with Crippen molar-refractivity contribution >= 4 is 11.5 Å². The highest BCUT2D eigenvalue weighted by Gasteiger charge is 2.15. The van der Waals surface area contributed by atoms with Crippen molar-refractivity contribution in [3.8, 4) is 5.75 Å². The van der Waals surface area contributed by atoms with Gasteiger partial charge in [-0.15, -0.1) is 0 Å². The maximum absolute atomic E-state index is 11.8. The Hall–Kier alpha value is -2.82. The van der Waals surface area contributed by atoms with Crippen molar-refractivity contribution in [1.29, 1.82) is 0 Å². The Morgan fingerprint density at radius 1 is 1.30 bits per heavy atom. The van der Waals surface area contributed by atoms with Gasteiger partial charge in [0.1, 0.15) is 17.1 Å². The lowest BCUT2D eigenvalue weighted by atomic mass is 10.1. The van der Waals surface area contributed by atoms with Crippen LogP contribution in [0.2, 0.25) is 0 Å². The molecule has 1 aromatic heterocycles. The molecule has 0 aliphatic carbocycles. The molecule has 2 rings (SSSR count). The molecule has 5 nitrogen and oxygen atoms in total. The smallest absolute Gasteiger partial charge is 0.351 e. The third-order valence-electron chi connectivity index (χ3n) is 2.56. The van der Waals surface area contributed by atoms with Gasteiger partial charge in [0.25, 0.3) is 0 Å². The molecule has 0 amide bonds. The summed E-state index contributed by atoms with van der Waals surface area (Å²) in [5.74, 6) is -0.761. The zero-order valence-corrected chi connectivity index (χ0v) is 10.8. The predicted molar refractivity (Wildman–Crippen MR) is 74.9 cm³/mol. The molecule has 0 aliphatic heterocycles. The second kappa shape index (κ2) is 5.88. The largest absolute Gasteiger partial charge is 0.507 e. The fourth-order valence-corrected chi connectivity index (χ4v) is 1.65. The third kappa shape index (κ3) is 3.14. The summed E-state index contributed by atoms with van der Waals surface area (Å²) >= 11 is 0. The highest BCUT2D eigenvalue weighted by molar-refractivity contribution is 6.06. The van der Waals surface area contributed by atoms with E-state index in [1.807, 2.05) is 30.3 Å². The van der Waals surface area contributed by atoms with E-state index in [-0.39, 0.29) is 17.1 Å². The van der Waals surface area contributed by atoms with Gasteiger partial charge in [-0.25, -0.2) is 4.79 Å². The normalized spacial score (nSPS) is 10.7. The van der Waals surface area contributed by atoms with Gasteiger partial charge in [0, 0.05) is 24.0 Å². The van der Waals surface area contributed by atoms with Crippen LogP contribution in [0.4, 0.5) is 5.69 Å². The summed E-state index contributed by atoms with van der Waals surface area (Å²) in [6.07, 6.45) is 2.56. The van der Waals surface area contributed by atoms with Gasteiger partial charge >= 0.3 is 5.63 Å². The summed E-state index contributed by atoms with van der Waals surface area (Å²) in [7, 11) is 0. The lowest BCUT2D eigenvalue weighted by molar-refractivity contribution is 0.104. The topological polar surface area (TPSA) is 79.5 Å². The number of allylic oxidation sites excluding steroid dienone is 1. The molecule has 0 atom stereocenters. The van der Waals surface area contributed by atoms with Gasteiger partial charge in [-0.3, -0.25) is 4.79 Å². The standard InChI is InChI=1S/C15H13NO4/c1-10-9-13(18)14(15(19)20-10)12(17)7-8-16-11-5-3-2-4-6-11/h2-9,16,18H,1H3. The fraction of sp³-hybridized carbons (Fsp3) is 0.0667. The molecular formula is C15H13NO4. The van der Waals surface area contributed by atoms with Gasteiger partial charge in [0.05, 0.1) is 0 Å². The number of anilines is 1. The van der Waals surface area contributed by atoms with Crippen molar-refractivity contribution in [3.05, 3.63) is 70.4 Å². The number of ketones is 1. The third-order valence-corrected chi connectivity index (χ3v) is 2.56. The van der Waals surface area contributed by atoms with Crippen LogP contribution in [0.25, 0.3) is 0 Å². The van der Waals surface area contributed by atoms with Gasteiger partial charge < -0.3 is 14.8 Å². The molecule has 2 N–H and O–H groups in total. The van der Waals surface area contributed by atoms with Crippen LogP contribution in [0, 0.1) is 6.92 Å². The van der Waals surface area contributed by atoms with E-state index >= 15 is 0 Å². The van der Waals surface area contributed by atoms with Crippen molar-refractivity contribution in [2.45, 2.75) is 6.92 Å². The van der Waals surface area contributed by atoms with E-state index in [0.717, 1.165) is 11.8 Å². The first kappa shape index (κ1) is 13.6. The molecule has 0 spiro atoms. The molecule has 0 bridgehead atoms. The quantitative estimate of drug-likeness (QED) is 0.659. The second-order valence-electron chi connectivity index (χ2n) is 4.11. The molecule has 2 aromatic rings. The SMILES string of the molecule is Cc1cc(O)c(C(=O)C=CNc2ccccc2)c(=O)o1. The number of hydrogen-bond donors (Lipinski definition) is 2. The Morgan fingerprint density at radius 3 is 2.65 bits per heavy atom. The number of para-hydroxylation sites is 1. The first-order valence-corrected chi connectivity index (χ1v) is 5.94. The molecule has 0 fully saturated rings.